The van der Waals surface area contributed by atoms with Gasteiger partial charge < -0.3 is 9.30 Å². The number of nitrogens with zero attached hydrogens (tertiary/aromatic N) is 5. The summed E-state index contributed by atoms with van der Waals surface area (Å²) in [7, 11) is 1.82. The third kappa shape index (κ3) is 3.19. The van der Waals surface area contributed by atoms with Crippen LogP contribution in [0.3, 0.4) is 0 Å². The number of carbonyl (C=O) groups is 1. The van der Waals surface area contributed by atoms with E-state index in [0.29, 0.717) is 22.6 Å². The Hall–Kier alpha value is -3.48. The number of ether oxygens (including phenoxy) is 1. The van der Waals surface area contributed by atoms with Gasteiger partial charge in [0.25, 0.3) is 0 Å². The first-order valence-corrected chi connectivity index (χ1v) is 8.57. The van der Waals surface area contributed by atoms with E-state index in [0.717, 1.165) is 16.8 Å². The first-order chi connectivity index (χ1) is 13.0. The molecule has 0 unspecified atom stereocenters. The summed E-state index contributed by atoms with van der Waals surface area (Å²) >= 11 is 0. The maximum Gasteiger partial charge on any atom is 0.228 e. The fraction of sp³-hybridized carbons (Fsp3) is 0.200. The third-order valence-corrected chi connectivity index (χ3v) is 4.35. The van der Waals surface area contributed by atoms with E-state index in [1.807, 2.05) is 45.3 Å². The number of carbonyl (C=O) groups excluding carboxylic acids is 1. The molecule has 0 fully saturated rings. The number of rotatable bonds is 5. The van der Waals surface area contributed by atoms with Gasteiger partial charge in [-0.3, -0.25) is 4.79 Å². The molecule has 7 heteroatoms. The van der Waals surface area contributed by atoms with Crippen LogP contribution < -0.4 is 4.74 Å². The minimum Gasteiger partial charge on any atom is -0.469 e. The summed E-state index contributed by atoms with van der Waals surface area (Å²) in [5.74, 6) is 0.231. The number of Topliss-reactive ketones (excluding diaryl/α,β-unsaturated/α-hetero) is 1. The number of hydrogen-bond acceptors (Lipinski definition) is 5. The van der Waals surface area contributed by atoms with E-state index < -0.39 is 0 Å². The van der Waals surface area contributed by atoms with Crippen LogP contribution in [0.25, 0.3) is 16.7 Å². The molecule has 0 aliphatic rings. The smallest absolute Gasteiger partial charge is 0.228 e. The average molecular weight is 361 g/mol. The van der Waals surface area contributed by atoms with Crippen LogP contribution in [0.5, 0.6) is 5.88 Å². The van der Waals surface area contributed by atoms with Gasteiger partial charge in [0.1, 0.15) is 11.7 Å². The maximum atomic E-state index is 12.3. The lowest BCUT2D eigenvalue weighted by molar-refractivity contribution is 0.0911. The Morgan fingerprint density at radius 1 is 1.15 bits per heavy atom. The highest BCUT2D eigenvalue weighted by atomic mass is 16.5. The molecule has 1 aromatic carbocycles. The lowest BCUT2D eigenvalue weighted by Crippen LogP contribution is -2.15. The monoisotopic (exact) mass is 361 g/mol. The van der Waals surface area contributed by atoms with Gasteiger partial charge in [-0.25, -0.2) is 14.6 Å². The van der Waals surface area contributed by atoms with Gasteiger partial charge in [0, 0.05) is 13.2 Å². The van der Waals surface area contributed by atoms with Gasteiger partial charge in [-0.1, -0.05) is 6.07 Å². The van der Waals surface area contributed by atoms with Crippen molar-refractivity contribution < 1.29 is 9.53 Å². The lowest BCUT2D eigenvalue weighted by atomic mass is 10.1. The second-order valence-electron chi connectivity index (χ2n) is 6.53. The molecule has 0 amide bonds. The zero-order valence-corrected chi connectivity index (χ0v) is 15.4. The Kier molecular flexibility index (Phi) is 4.19. The minimum atomic E-state index is -0.115. The van der Waals surface area contributed by atoms with E-state index in [2.05, 4.69) is 21.1 Å². The molecular formula is C20H19N5O2. The summed E-state index contributed by atoms with van der Waals surface area (Å²) in [6.45, 7) is 3.99. The Morgan fingerprint density at radius 3 is 2.63 bits per heavy atom. The van der Waals surface area contributed by atoms with Crippen molar-refractivity contribution in [1.82, 2.24) is 24.3 Å². The van der Waals surface area contributed by atoms with Crippen LogP contribution in [0.2, 0.25) is 0 Å². The van der Waals surface area contributed by atoms with E-state index in [1.165, 1.54) is 6.33 Å². The number of benzene rings is 1. The summed E-state index contributed by atoms with van der Waals surface area (Å²) in [5.41, 5.74) is 4.44. The molecule has 0 radical (unpaired) electrons. The van der Waals surface area contributed by atoms with Crippen molar-refractivity contribution >= 4 is 16.8 Å². The summed E-state index contributed by atoms with van der Waals surface area (Å²) in [5, 5.41) is 5.11. The fourth-order valence-electron chi connectivity index (χ4n) is 3.16. The number of hydrogen-bond donors (Lipinski definition) is 0. The fourth-order valence-corrected chi connectivity index (χ4v) is 3.16. The molecule has 4 aromatic rings. The Morgan fingerprint density at radius 2 is 1.93 bits per heavy atom. The van der Waals surface area contributed by atoms with Crippen molar-refractivity contribution in [3.05, 3.63) is 65.9 Å². The summed E-state index contributed by atoms with van der Waals surface area (Å²) < 4.78 is 9.21. The molecule has 7 nitrogen and oxygen atoms in total. The van der Waals surface area contributed by atoms with Crippen molar-refractivity contribution in [2.45, 2.75) is 13.8 Å². The van der Waals surface area contributed by atoms with Gasteiger partial charge in [0.15, 0.2) is 12.3 Å². The highest BCUT2D eigenvalue weighted by Crippen LogP contribution is 2.24. The number of ketones is 1. The Balaban J connectivity index is 1.65. The number of aromatic nitrogens is 5. The van der Waals surface area contributed by atoms with Gasteiger partial charge in [0.2, 0.25) is 11.7 Å². The first-order valence-electron chi connectivity index (χ1n) is 8.57. The van der Waals surface area contributed by atoms with Gasteiger partial charge in [-0.05, 0) is 49.2 Å². The van der Waals surface area contributed by atoms with Gasteiger partial charge in [-0.15, -0.1) is 0 Å². The van der Waals surface area contributed by atoms with Gasteiger partial charge in [-0.2, -0.15) is 5.10 Å². The molecule has 0 aliphatic heterocycles. The zero-order valence-electron chi connectivity index (χ0n) is 15.4. The third-order valence-electron chi connectivity index (χ3n) is 4.35. The van der Waals surface area contributed by atoms with Crippen molar-refractivity contribution in [1.29, 1.82) is 0 Å². The molecule has 3 heterocycles. The second kappa shape index (κ2) is 6.68. The lowest BCUT2D eigenvalue weighted by Gasteiger charge is -2.08. The Bertz CT molecular complexity index is 1120. The van der Waals surface area contributed by atoms with Crippen LogP contribution in [0.15, 0.2) is 49.1 Å². The molecule has 0 saturated carbocycles. The van der Waals surface area contributed by atoms with Crippen LogP contribution in [0.1, 0.15) is 21.6 Å². The van der Waals surface area contributed by atoms with E-state index in [9.17, 15) is 4.79 Å². The summed E-state index contributed by atoms with van der Waals surface area (Å²) in [6.07, 6.45) is 4.91. The molecule has 0 saturated heterocycles. The zero-order chi connectivity index (χ0) is 19.0. The van der Waals surface area contributed by atoms with Gasteiger partial charge >= 0.3 is 0 Å². The maximum absolute atomic E-state index is 12.3. The molecule has 0 aliphatic carbocycles. The molecule has 0 atom stereocenters. The van der Waals surface area contributed by atoms with Crippen LogP contribution in [-0.2, 0) is 7.05 Å². The minimum absolute atomic E-state index is 0.0985. The predicted molar refractivity (Wildman–Crippen MR) is 101 cm³/mol. The van der Waals surface area contributed by atoms with Crippen LogP contribution >= 0.6 is 0 Å². The highest BCUT2D eigenvalue weighted by molar-refractivity contribution is 5.96. The molecule has 0 bridgehead atoms. The van der Waals surface area contributed by atoms with E-state index in [1.54, 1.807) is 21.5 Å². The van der Waals surface area contributed by atoms with E-state index in [-0.39, 0.29) is 12.4 Å². The number of fused-ring (bicyclic) bond motifs is 1. The molecule has 0 N–H and O–H groups in total. The first kappa shape index (κ1) is 17.0. The summed E-state index contributed by atoms with van der Waals surface area (Å²) in [6, 6.07) is 9.78. The van der Waals surface area contributed by atoms with Crippen LogP contribution in [0, 0.1) is 13.8 Å². The molecule has 0 spiro atoms. The van der Waals surface area contributed by atoms with Crippen molar-refractivity contribution in [3.8, 4) is 11.6 Å². The predicted octanol–water partition coefficient (Wildman–Crippen LogP) is 3.03. The molecule has 4 rings (SSSR count). The second-order valence-corrected chi connectivity index (χ2v) is 6.53. The normalized spacial score (nSPS) is 11.1. The molecule has 3 aromatic heterocycles. The molecular weight excluding hydrogens is 342 g/mol. The Labute approximate surface area is 156 Å². The van der Waals surface area contributed by atoms with Crippen molar-refractivity contribution in [2.24, 2.45) is 7.05 Å². The SMILES string of the molecule is Cc1cc(C)cc(-n2ncc3c(OCC(=O)c4cccn4C)ncnc32)c1. The average Bonchev–Trinajstić information content (AvgIpc) is 3.25. The van der Waals surface area contributed by atoms with Crippen LogP contribution in [-0.4, -0.2) is 36.7 Å². The van der Waals surface area contributed by atoms with E-state index in [4.69, 9.17) is 4.74 Å². The highest BCUT2D eigenvalue weighted by Gasteiger charge is 2.15. The quantitative estimate of drug-likeness (QED) is 0.511. The molecule has 136 valence electrons. The van der Waals surface area contributed by atoms with E-state index >= 15 is 0 Å². The molecule has 27 heavy (non-hydrogen) atoms. The summed E-state index contributed by atoms with van der Waals surface area (Å²) in [4.78, 5) is 20.9. The van der Waals surface area contributed by atoms with Gasteiger partial charge in [0.05, 0.1) is 17.6 Å². The van der Waals surface area contributed by atoms with Crippen LogP contribution in [0.4, 0.5) is 0 Å². The number of aryl methyl sites for hydroxylation is 3. The van der Waals surface area contributed by atoms with Crippen molar-refractivity contribution in [3.63, 3.8) is 0 Å². The standard InChI is InChI=1S/C20H19N5O2/c1-13-7-14(2)9-15(8-13)25-19-16(10-23-25)20(22-12-21-19)27-11-18(26)17-5-4-6-24(17)3/h4-10,12H,11H2,1-3H3. The van der Waals surface area contributed by atoms with Crippen molar-refractivity contribution in [2.75, 3.05) is 6.61 Å². The topological polar surface area (TPSA) is 74.8 Å². The largest absolute Gasteiger partial charge is 0.469 e.